The van der Waals surface area contributed by atoms with E-state index in [2.05, 4.69) is 45.7 Å². The van der Waals surface area contributed by atoms with Crippen molar-refractivity contribution in [2.24, 2.45) is 0 Å². The van der Waals surface area contributed by atoms with Crippen molar-refractivity contribution in [2.75, 3.05) is 51.3 Å². The van der Waals surface area contributed by atoms with Crippen molar-refractivity contribution in [1.29, 1.82) is 0 Å². The summed E-state index contributed by atoms with van der Waals surface area (Å²) in [4.78, 5) is 29.7. The molecular weight excluding hydrogens is 392 g/mol. The summed E-state index contributed by atoms with van der Waals surface area (Å²) in [5, 5.41) is 5.87. The largest absolute Gasteiger partial charge is 0.379 e. The van der Waals surface area contributed by atoms with Crippen molar-refractivity contribution in [3.63, 3.8) is 0 Å². The van der Waals surface area contributed by atoms with Gasteiger partial charge in [-0.05, 0) is 36.5 Å². The highest BCUT2D eigenvalue weighted by Gasteiger charge is 2.27. The summed E-state index contributed by atoms with van der Waals surface area (Å²) in [6.45, 7) is 4.50. The first-order valence-corrected chi connectivity index (χ1v) is 11.9. The minimum atomic E-state index is -0.525. The van der Waals surface area contributed by atoms with Gasteiger partial charge in [0.25, 0.3) is 0 Å². The highest BCUT2D eigenvalue weighted by molar-refractivity contribution is 6.35. The Bertz CT molecular complexity index is 770. The summed E-state index contributed by atoms with van der Waals surface area (Å²) >= 11 is 0. The zero-order valence-corrected chi connectivity index (χ0v) is 18.7. The van der Waals surface area contributed by atoms with Gasteiger partial charge in [-0.2, -0.15) is 0 Å². The van der Waals surface area contributed by atoms with Crippen molar-refractivity contribution < 1.29 is 14.3 Å². The van der Waals surface area contributed by atoms with E-state index in [1.165, 1.54) is 29.7 Å². The number of rotatable bonds is 5. The van der Waals surface area contributed by atoms with E-state index in [-0.39, 0.29) is 12.1 Å². The molecule has 1 saturated carbocycles. The minimum absolute atomic E-state index is 0.0368. The molecule has 7 heteroatoms. The lowest BCUT2D eigenvalue weighted by molar-refractivity contribution is -0.139. The summed E-state index contributed by atoms with van der Waals surface area (Å²) in [7, 11) is 2.12. The summed E-state index contributed by atoms with van der Waals surface area (Å²) in [6.07, 6.45) is 7.68. The van der Waals surface area contributed by atoms with Crippen LogP contribution in [-0.2, 0) is 20.7 Å². The topological polar surface area (TPSA) is 73.9 Å². The van der Waals surface area contributed by atoms with Crippen LogP contribution in [0.15, 0.2) is 18.2 Å². The predicted octanol–water partition coefficient (Wildman–Crippen LogP) is 2.01. The van der Waals surface area contributed by atoms with Gasteiger partial charge >= 0.3 is 11.8 Å². The maximum atomic E-state index is 12.6. The van der Waals surface area contributed by atoms with Gasteiger partial charge in [0.05, 0.1) is 19.3 Å². The Hall–Kier alpha value is -2.12. The van der Waals surface area contributed by atoms with Crippen LogP contribution in [0.25, 0.3) is 0 Å². The molecule has 0 unspecified atom stereocenters. The minimum Gasteiger partial charge on any atom is -0.379 e. The molecule has 2 N–H and O–H groups in total. The fourth-order valence-corrected chi connectivity index (χ4v) is 5.09. The number of carbonyl (C=O) groups is 2. The Morgan fingerprint density at radius 3 is 2.55 bits per heavy atom. The number of morpholine rings is 1. The highest BCUT2D eigenvalue weighted by atomic mass is 16.5. The Balaban J connectivity index is 1.40. The molecule has 0 spiro atoms. The van der Waals surface area contributed by atoms with Crippen molar-refractivity contribution in [3.05, 3.63) is 29.3 Å². The van der Waals surface area contributed by atoms with E-state index in [4.69, 9.17) is 4.74 Å². The number of anilines is 1. The zero-order valence-electron chi connectivity index (χ0n) is 18.7. The smallest absolute Gasteiger partial charge is 0.309 e. The van der Waals surface area contributed by atoms with E-state index in [0.717, 1.165) is 51.7 Å². The first-order valence-electron chi connectivity index (χ1n) is 11.9. The van der Waals surface area contributed by atoms with Gasteiger partial charge in [-0.3, -0.25) is 14.5 Å². The van der Waals surface area contributed by atoms with Gasteiger partial charge < -0.3 is 20.3 Å². The second-order valence-electron chi connectivity index (χ2n) is 9.10. The second kappa shape index (κ2) is 10.5. The number of nitrogens with one attached hydrogen (secondary N) is 2. The normalized spacial score (nSPS) is 21.3. The van der Waals surface area contributed by atoms with Crippen molar-refractivity contribution >= 4 is 17.5 Å². The standard InChI is InChI=1S/C24H36N4O3/c1-27-11-10-19-16-18(8-9-21(19)27)22(28-12-14-31-15-13-28)17-25-23(29)24(30)26-20-6-4-2-3-5-7-20/h8-9,16,20,22H,2-7,10-15,17H2,1H3,(H,25,29)(H,26,30)/t22-/m1/s1. The zero-order chi connectivity index (χ0) is 21.6. The molecule has 2 fully saturated rings. The van der Waals surface area contributed by atoms with E-state index < -0.39 is 11.8 Å². The van der Waals surface area contributed by atoms with Crippen molar-refractivity contribution in [1.82, 2.24) is 15.5 Å². The molecule has 170 valence electrons. The number of benzene rings is 1. The maximum Gasteiger partial charge on any atom is 0.309 e. The Kier molecular flexibility index (Phi) is 7.45. The third kappa shape index (κ3) is 5.57. The lowest BCUT2D eigenvalue weighted by Gasteiger charge is -2.35. The third-order valence-electron chi connectivity index (χ3n) is 6.96. The lowest BCUT2D eigenvalue weighted by Crippen LogP contribution is -2.48. The molecular formula is C24H36N4O3. The van der Waals surface area contributed by atoms with Crippen LogP contribution < -0.4 is 15.5 Å². The molecule has 2 aliphatic heterocycles. The number of hydrogen-bond donors (Lipinski definition) is 2. The molecule has 31 heavy (non-hydrogen) atoms. The van der Waals surface area contributed by atoms with Crippen LogP contribution in [0.2, 0.25) is 0 Å². The lowest BCUT2D eigenvalue weighted by atomic mass is 10.0. The summed E-state index contributed by atoms with van der Waals surface area (Å²) in [6, 6.07) is 6.79. The molecule has 2 heterocycles. The molecule has 1 aromatic rings. The summed E-state index contributed by atoms with van der Waals surface area (Å²) in [5.74, 6) is -1.02. The van der Waals surface area contributed by atoms with Crippen LogP contribution in [0.3, 0.4) is 0 Å². The fraction of sp³-hybridized carbons (Fsp3) is 0.667. The van der Waals surface area contributed by atoms with Crippen molar-refractivity contribution in [2.45, 2.75) is 57.0 Å². The van der Waals surface area contributed by atoms with Crippen LogP contribution in [0, 0.1) is 0 Å². The average Bonchev–Trinajstić information content (AvgIpc) is 2.98. The quantitative estimate of drug-likeness (QED) is 0.554. The molecule has 0 radical (unpaired) electrons. The number of fused-ring (bicyclic) bond motifs is 1. The number of nitrogens with zero attached hydrogens (tertiary/aromatic N) is 2. The van der Waals surface area contributed by atoms with E-state index in [0.29, 0.717) is 19.8 Å². The third-order valence-corrected chi connectivity index (χ3v) is 6.96. The summed E-state index contributed by atoms with van der Waals surface area (Å²) in [5.41, 5.74) is 3.84. The van der Waals surface area contributed by atoms with E-state index in [1.807, 2.05) is 0 Å². The van der Waals surface area contributed by atoms with E-state index in [1.54, 1.807) is 0 Å². The molecule has 2 amide bonds. The van der Waals surface area contributed by atoms with Crippen LogP contribution >= 0.6 is 0 Å². The molecule has 7 nitrogen and oxygen atoms in total. The first kappa shape index (κ1) is 22.1. The van der Waals surface area contributed by atoms with Gasteiger partial charge in [0.15, 0.2) is 0 Å². The monoisotopic (exact) mass is 428 g/mol. The fourth-order valence-electron chi connectivity index (χ4n) is 5.09. The number of ether oxygens (including phenoxy) is 1. The summed E-state index contributed by atoms with van der Waals surface area (Å²) < 4.78 is 5.53. The average molecular weight is 429 g/mol. The number of amides is 2. The second-order valence-corrected chi connectivity index (χ2v) is 9.10. The SMILES string of the molecule is CN1CCc2cc([C@@H](CNC(=O)C(=O)NC3CCCCCC3)N3CCOCC3)ccc21. The van der Waals surface area contributed by atoms with Crippen LogP contribution in [0.4, 0.5) is 5.69 Å². The molecule has 0 aromatic heterocycles. The number of hydrogen-bond acceptors (Lipinski definition) is 5. The van der Waals surface area contributed by atoms with Gasteiger partial charge in [0.2, 0.25) is 0 Å². The van der Waals surface area contributed by atoms with Gasteiger partial charge in [-0.15, -0.1) is 0 Å². The Morgan fingerprint density at radius 1 is 1.06 bits per heavy atom. The molecule has 4 rings (SSSR count). The molecule has 1 saturated heterocycles. The number of carbonyl (C=O) groups excluding carboxylic acids is 2. The maximum absolute atomic E-state index is 12.6. The molecule has 3 aliphatic rings. The predicted molar refractivity (Wildman–Crippen MR) is 121 cm³/mol. The first-order chi connectivity index (χ1) is 15.1. The van der Waals surface area contributed by atoms with Gasteiger partial charge in [-0.1, -0.05) is 37.8 Å². The molecule has 0 bridgehead atoms. The number of likely N-dealkylation sites (N-methyl/N-ethyl adjacent to an activating group) is 1. The van der Waals surface area contributed by atoms with Gasteiger partial charge in [0, 0.05) is 45.0 Å². The van der Waals surface area contributed by atoms with Crippen molar-refractivity contribution in [3.8, 4) is 0 Å². The van der Waals surface area contributed by atoms with Gasteiger partial charge in [0.1, 0.15) is 0 Å². The Labute approximate surface area is 185 Å². The van der Waals surface area contributed by atoms with Crippen LogP contribution in [0.5, 0.6) is 0 Å². The van der Waals surface area contributed by atoms with Gasteiger partial charge in [-0.25, -0.2) is 0 Å². The molecule has 1 atom stereocenters. The van der Waals surface area contributed by atoms with Crippen LogP contribution in [0.1, 0.15) is 55.7 Å². The molecule has 1 aliphatic carbocycles. The van der Waals surface area contributed by atoms with E-state index in [9.17, 15) is 9.59 Å². The van der Waals surface area contributed by atoms with E-state index >= 15 is 0 Å². The molecule has 1 aromatic carbocycles. The Morgan fingerprint density at radius 2 is 1.81 bits per heavy atom. The highest BCUT2D eigenvalue weighted by Crippen LogP contribution is 2.31. The van der Waals surface area contributed by atoms with Crippen LogP contribution in [-0.4, -0.2) is 69.2 Å².